The predicted molar refractivity (Wildman–Crippen MR) is 99.3 cm³/mol. The summed E-state index contributed by atoms with van der Waals surface area (Å²) in [6.07, 6.45) is -2.21. The van der Waals surface area contributed by atoms with Gasteiger partial charge in [0.25, 0.3) is 0 Å². The second-order valence-corrected chi connectivity index (χ2v) is 6.60. The van der Waals surface area contributed by atoms with Gasteiger partial charge in [-0.1, -0.05) is 0 Å². The topological polar surface area (TPSA) is 76.8 Å². The van der Waals surface area contributed by atoms with Gasteiger partial charge >= 0.3 is 12.4 Å². The van der Waals surface area contributed by atoms with E-state index in [4.69, 9.17) is 0 Å². The average molecular weight is 456 g/mol. The third-order valence-electron chi connectivity index (χ3n) is 4.13. The van der Waals surface area contributed by atoms with Gasteiger partial charge in [0.15, 0.2) is 5.82 Å². The van der Waals surface area contributed by atoms with Crippen LogP contribution in [0.15, 0.2) is 49.3 Å². The fourth-order valence-electron chi connectivity index (χ4n) is 2.59. The van der Waals surface area contributed by atoms with Crippen molar-refractivity contribution >= 4 is 12.1 Å². The number of carbonyl (C=O) groups is 1. The standard InChI is InChI=1S/C19H14F6N6O/c1-30(9-12-7-26-10-27-8-12)16(32)2-3-31-11-28-17(29-31)13-4-14(18(20,21)22)6-15(5-13)19(23,24)25/h2-8,10-11H,9H2,1H3. The molecular formula is C19H14F6N6O. The Bertz CT molecular complexity index is 1090. The van der Waals surface area contributed by atoms with Crippen LogP contribution in [-0.2, 0) is 23.7 Å². The van der Waals surface area contributed by atoms with Crippen LogP contribution in [0.25, 0.3) is 17.6 Å². The van der Waals surface area contributed by atoms with Crippen molar-refractivity contribution < 1.29 is 31.1 Å². The molecule has 2 heterocycles. The second kappa shape index (κ2) is 8.77. The minimum atomic E-state index is -4.99. The zero-order valence-corrected chi connectivity index (χ0v) is 16.3. The van der Waals surface area contributed by atoms with Crippen LogP contribution in [0.1, 0.15) is 16.7 Å². The van der Waals surface area contributed by atoms with Crippen molar-refractivity contribution in [2.45, 2.75) is 18.9 Å². The molecule has 0 radical (unpaired) electrons. The van der Waals surface area contributed by atoms with Crippen LogP contribution < -0.4 is 0 Å². The van der Waals surface area contributed by atoms with Gasteiger partial charge in [-0.15, -0.1) is 5.10 Å². The number of amides is 1. The average Bonchev–Trinajstić information content (AvgIpc) is 3.20. The number of hydrogen-bond acceptors (Lipinski definition) is 5. The summed E-state index contributed by atoms with van der Waals surface area (Å²) in [4.78, 5) is 25.0. The van der Waals surface area contributed by atoms with Crippen molar-refractivity contribution in [1.82, 2.24) is 29.6 Å². The Morgan fingerprint density at radius 2 is 1.62 bits per heavy atom. The molecule has 0 saturated heterocycles. The van der Waals surface area contributed by atoms with E-state index >= 15 is 0 Å². The Morgan fingerprint density at radius 1 is 1.03 bits per heavy atom. The molecule has 0 bridgehead atoms. The van der Waals surface area contributed by atoms with Gasteiger partial charge in [0.2, 0.25) is 5.91 Å². The first-order valence-electron chi connectivity index (χ1n) is 8.81. The van der Waals surface area contributed by atoms with Crippen LogP contribution in [0.4, 0.5) is 26.3 Å². The molecule has 3 rings (SSSR count). The highest BCUT2D eigenvalue weighted by molar-refractivity contribution is 5.89. The van der Waals surface area contributed by atoms with E-state index < -0.39 is 35.0 Å². The maximum Gasteiger partial charge on any atom is 0.416 e. The normalized spacial score (nSPS) is 12.3. The predicted octanol–water partition coefficient (Wildman–Crippen LogP) is 3.90. The number of carbonyl (C=O) groups excluding carboxylic acids is 1. The summed E-state index contributed by atoms with van der Waals surface area (Å²) in [5.74, 6) is -0.808. The molecular weight excluding hydrogens is 442 g/mol. The number of alkyl halides is 6. The van der Waals surface area contributed by atoms with Gasteiger partial charge < -0.3 is 4.90 Å². The van der Waals surface area contributed by atoms with Crippen molar-refractivity contribution in [3.63, 3.8) is 0 Å². The van der Waals surface area contributed by atoms with Crippen molar-refractivity contribution in [3.8, 4) is 11.4 Å². The van der Waals surface area contributed by atoms with Gasteiger partial charge in [0, 0.05) is 49.4 Å². The van der Waals surface area contributed by atoms with Crippen LogP contribution in [0.3, 0.4) is 0 Å². The minimum absolute atomic E-state index is 0.0205. The van der Waals surface area contributed by atoms with Crippen molar-refractivity contribution in [2.75, 3.05) is 7.05 Å². The maximum absolute atomic E-state index is 13.0. The SMILES string of the molecule is CN(Cc1cncnc1)C(=O)C=Cn1cnc(-c2cc(C(F)(F)F)cc(C(F)(F)F)c2)n1. The zero-order chi connectivity index (χ0) is 23.5. The summed E-state index contributed by atoms with van der Waals surface area (Å²) in [6, 6.07) is 1.08. The third kappa shape index (κ3) is 5.68. The third-order valence-corrected chi connectivity index (χ3v) is 4.13. The molecule has 0 spiro atoms. The summed E-state index contributed by atoms with van der Waals surface area (Å²) in [5, 5.41) is 3.84. The van der Waals surface area contributed by atoms with Gasteiger partial charge in [0.05, 0.1) is 11.1 Å². The van der Waals surface area contributed by atoms with Crippen LogP contribution in [0.5, 0.6) is 0 Å². The second-order valence-electron chi connectivity index (χ2n) is 6.60. The van der Waals surface area contributed by atoms with Crippen molar-refractivity contribution in [2.24, 2.45) is 0 Å². The highest BCUT2D eigenvalue weighted by Crippen LogP contribution is 2.38. The molecule has 7 nitrogen and oxygen atoms in total. The molecule has 0 aliphatic rings. The number of likely N-dealkylation sites (N-methyl/N-ethyl adjacent to an activating group) is 1. The Kier molecular flexibility index (Phi) is 6.27. The lowest BCUT2D eigenvalue weighted by Crippen LogP contribution is -2.24. The van der Waals surface area contributed by atoms with E-state index in [-0.39, 0.29) is 18.4 Å². The fourth-order valence-corrected chi connectivity index (χ4v) is 2.59. The van der Waals surface area contributed by atoms with Gasteiger partial charge in [-0.3, -0.25) is 4.79 Å². The van der Waals surface area contributed by atoms with E-state index in [1.165, 1.54) is 36.9 Å². The van der Waals surface area contributed by atoms with E-state index in [9.17, 15) is 31.1 Å². The van der Waals surface area contributed by atoms with E-state index in [1.54, 1.807) is 0 Å². The van der Waals surface area contributed by atoms with Crippen LogP contribution in [0.2, 0.25) is 0 Å². The molecule has 0 aliphatic heterocycles. The monoisotopic (exact) mass is 456 g/mol. The molecule has 168 valence electrons. The summed E-state index contributed by atoms with van der Waals surface area (Å²) >= 11 is 0. The number of nitrogens with zero attached hydrogens (tertiary/aromatic N) is 6. The molecule has 1 amide bonds. The van der Waals surface area contributed by atoms with Gasteiger partial charge in [-0.05, 0) is 18.2 Å². The number of hydrogen-bond donors (Lipinski definition) is 0. The quantitative estimate of drug-likeness (QED) is 0.430. The molecule has 0 saturated carbocycles. The lowest BCUT2D eigenvalue weighted by molar-refractivity contribution is -0.143. The molecule has 0 unspecified atom stereocenters. The lowest BCUT2D eigenvalue weighted by atomic mass is 10.0. The molecule has 0 fully saturated rings. The van der Waals surface area contributed by atoms with E-state index in [0.717, 1.165) is 17.1 Å². The number of rotatable bonds is 5. The van der Waals surface area contributed by atoms with Crippen LogP contribution >= 0.6 is 0 Å². The fraction of sp³-hybridized carbons (Fsp3) is 0.211. The van der Waals surface area contributed by atoms with E-state index in [1.807, 2.05) is 0 Å². The molecule has 13 heteroatoms. The largest absolute Gasteiger partial charge is 0.416 e. The molecule has 0 aliphatic carbocycles. The highest BCUT2D eigenvalue weighted by atomic mass is 19.4. The highest BCUT2D eigenvalue weighted by Gasteiger charge is 2.37. The van der Waals surface area contributed by atoms with Gasteiger partial charge in [0.1, 0.15) is 12.7 Å². The summed E-state index contributed by atoms with van der Waals surface area (Å²) in [7, 11) is 1.52. The van der Waals surface area contributed by atoms with Crippen molar-refractivity contribution in [1.29, 1.82) is 0 Å². The Hall–Kier alpha value is -3.77. The molecule has 0 atom stereocenters. The minimum Gasteiger partial charge on any atom is -0.338 e. The lowest BCUT2D eigenvalue weighted by Gasteiger charge is -2.14. The first kappa shape index (κ1) is 22.9. The smallest absolute Gasteiger partial charge is 0.338 e. The zero-order valence-electron chi connectivity index (χ0n) is 16.3. The Balaban J connectivity index is 1.80. The molecule has 0 N–H and O–H groups in total. The Labute approximate surface area is 177 Å². The van der Waals surface area contributed by atoms with Crippen molar-refractivity contribution in [3.05, 3.63) is 66.0 Å². The van der Waals surface area contributed by atoms with E-state index in [2.05, 4.69) is 20.1 Å². The Morgan fingerprint density at radius 3 is 2.19 bits per heavy atom. The van der Waals surface area contributed by atoms with Gasteiger partial charge in [-0.25, -0.2) is 19.6 Å². The first-order chi connectivity index (χ1) is 14.9. The summed E-state index contributed by atoms with van der Waals surface area (Å²) < 4.78 is 79.1. The molecule has 2 aromatic heterocycles. The molecule has 3 aromatic rings. The summed E-state index contributed by atoms with van der Waals surface area (Å²) in [5.41, 5.74) is -2.73. The number of aromatic nitrogens is 5. The van der Waals surface area contributed by atoms with Gasteiger partial charge in [-0.2, -0.15) is 26.3 Å². The van der Waals surface area contributed by atoms with E-state index in [0.29, 0.717) is 17.7 Å². The first-order valence-corrected chi connectivity index (χ1v) is 8.81. The van der Waals surface area contributed by atoms with Crippen LogP contribution in [-0.4, -0.2) is 42.6 Å². The molecule has 32 heavy (non-hydrogen) atoms. The number of halogens is 6. The van der Waals surface area contributed by atoms with Crippen LogP contribution in [0, 0.1) is 0 Å². The molecule has 1 aromatic carbocycles. The number of benzene rings is 1. The maximum atomic E-state index is 13.0. The summed E-state index contributed by atoms with van der Waals surface area (Å²) in [6.45, 7) is 0.219.